The minimum Gasteiger partial charge on any atom is -0.493 e. The highest BCUT2D eigenvalue weighted by Gasteiger charge is 2.07. The maximum Gasteiger partial charge on any atom is 0.119 e. The van der Waals surface area contributed by atoms with E-state index in [1.807, 2.05) is 0 Å². The van der Waals surface area contributed by atoms with Gasteiger partial charge in [0, 0.05) is 11.2 Å². The van der Waals surface area contributed by atoms with Crippen LogP contribution in [0.4, 0.5) is 0 Å². The van der Waals surface area contributed by atoms with Crippen molar-refractivity contribution >= 4 is 15.9 Å². The summed E-state index contributed by atoms with van der Waals surface area (Å²) >= 11 is 3.54. The zero-order valence-electron chi connectivity index (χ0n) is 10.4. The molecule has 0 aliphatic rings. The van der Waals surface area contributed by atoms with Gasteiger partial charge >= 0.3 is 0 Å². The maximum atomic E-state index is 5.82. The van der Waals surface area contributed by atoms with Crippen LogP contribution >= 0.6 is 15.9 Å². The lowest BCUT2D eigenvalue weighted by molar-refractivity contribution is 0.255. The van der Waals surface area contributed by atoms with Gasteiger partial charge in [0.2, 0.25) is 0 Å². The third kappa shape index (κ3) is 4.17. The van der Waals surface area contributed by atoms with Crippen LogP contribution in [0, 0.1) is 19.8 Å². The Balaban J connectivity index is 2.50. The van der Waals surface area contributed by atoms with Crippen LogP contribution in [0.1, 0.15) is 30.9 Å². The zero-order chi connectivity index (χ0) is 12.0. The summed E-state index contributed by atoms with van der Waals surface area (Å²) < 4.78 is 5.82. The largest absolute Gasteiger partial charge is 0.493 e. The summed E-state index contributed by atoms with van der Waals surface area (Å²) in [5, 5.41) is 1.02. The molecule has 0 aliphatic heterocycles. The van der Waals surface area contributed by atoms with Crippen molar-refractivity contribution in [3.05, 3.63) is 29.3 Å². The topological polar surface area (TPSA) is 9.23 Å². The van der Waals surface area contributed by atoms with Crippen molar-refractivity contribution in [2.45, 2.75) is 33.6 Å². The molecule has 16 heavy (non-hydrogen) atoms. The van der Waals surface area contributed by atoms with Crippen LogP contribution in [-0.4, -0.2) is 11.9 Å². The van der Waals surface area contributed by atoms with Gasteiger partial charge in [0.05, 0.1) is 6.61 Å². The van der Waals surface area contributed by atoms with Gasteiger partial charge in [-0.3, -0.25) is 0 Å². The first-order valence-electron chi connectivity index (χ1n) is 5.93. The van der Waals surface area contributed by atoms with Gasteiger partial charge in [-0.05, 0) is 43.5 Å². The highest BCUT2D eigenvalue weighted by molar-refractivity contribution is 9.09. The smallest absolute Gasteiger partial charge is 0.119 e. The van der Waals surface area contributed by atoms with E-state index in [9.17, 15) is 0 Å². The van der Waals surface area contributed by atoms with E-state index < -0.39 is 0 Å². The van der Waals surface area contributed by atoms with E-state index in [1.165, 1.54) is 24.0 Å². The number of halogens is 1. The van der Waals surface area contributed by atoms with Crippen LogP contribution in [0.25, 0.3) is 0 Å². The van der Waals surface area contributed by atoms with Gasteiger partial charge in [-0.25, -0.2) is 0 Å². The molecule has 0 aromatic heterocycles. The minimum atomic E-state index is 0.617. The highest BCUT2D eigenvalue weighted by atomic mass is 79.9. The van der Waals surface area contributed by atoms with Gasteiger partial charge in [-0.2, -0.15) is 0 Å². The van der Waals surface area contributed by atoms with Crippen LogP contribution in [0.2, 0.25) is 0 Å². The molecule has 1 aromatic rings. The molecule has 1 aromatic carbocycles. The Morgan fingerprint density at radius 2 is 2.00 bits per heavy atom. The van der Waals surface area contributed by atoms with Crippen molar-refractivity contribution in [2.24, 2.45) is 5.92 Å². The fourth-order valence-corrected chi connectivity index (χ4v) is 2.14. The number of benzene rings is 1. The number of ether oxygens (including phenoxy) is 1. The van der Waals surface area contributed by atoms with Crippen LogP contribution in [0.5, 0.6) is 5.75 Å². The predicted octanol–water partition coefficient (Wildman–Crippen LogP) is 4.49. The third-order valence-electron chi connectivity index (χ3n) is 2.88. The molecule has 0 amide bonds. The Hall–Kier alpha value is -0.500. The quantitative estimate of drug-likeness (QED) is 0.699. The molecule has 0 bridgehead atoms. The molecule has 1 unspecified atom stereocenters. The van der Waals surface area contributed by atoms with Crippen molar-refractivity contribution in [1.82, 2.24) is 0 Å². The van der Waals surface area contributed by atoms with Crippen LogP contribution in [-0.2, 0) is 0 Å². The van der Waals surface area contributed by atoms with E-state index in [2.05, 4.69) is 54.9 Å². The maximum absolute atomic E-state index is 5.82. The van der Waals surface area contributed by atoms with Crippen LogP contribution < -0.4 is 4.74 Å². The highest BCUT2D eigenvalue weighted by Crippen LogP contribution is 2.18. The first-order chi connectivity index (χ1) is 7.67. The molecule has 1 nitrogen and oxygen atoms in total. The number of aryl methyl sites for hydroxylation is 2. The van der Waals surface area contributed by atoms with E-state index in [-0.39, 0.29) is 0 Å². The summed E-state index contributed by atoms with van der Waals surface area (Å²) in [6, 6.07) is 6.29. The average Bonchev–Trinajstić information content (AvgIpc) is 2.28. The molecular weight excluding hydrogens is 264 g/mol. The van der Waals surface area contributed by atoms with Gasteiger partial charge in [-0.1, -0.05) is 35.3 Å². The summed E-state index contributed by atoms with van der Waals surface area (Å²) in [4.78, 5) is 0. The SMILES string of the molecule is CCCC(CBr)COc1ccc(C)c(C)c1. The molecule has 0 heterocycles. The van der Waals surface area contributed by atoms with Gasteiger partial charge in [-0.15, -0.1) is 0 Å². The molecule has 0 aliphatic carbocycles. The Kier molecular flexibility index (Phi) is 5.89. The predicted molar refractivity (Wildman–Crippen MR) is 73.6 cm³/mol. The lowest BCUT2D eigenvalue weighted by Crippen LogP contribution is -2.13. The van der Waals surface area contributed by atoms with Crippen LogP contribution in [0.3, 0.4) is 0 Å². The summed E-state index contributed by atoms with van der Waals surface area (Å²) in [6.45, 7) is 7.26. The molecule has 0 saturated heterocycles. The normalized spacial score (nSPS) is 12.5. The monoisotopic (exact) mass is 284 g/mol. The molecule has 0 fully saturated rings. The van der Waals surface area contributed by atoms with Crippen molar-refractivity contribution in [1.29, 1.82) is 0 Å². The van der Waals surface area contributed by atoms with E-state index >= 15 is 0 Å². The lowest BCUT2D eigenvalue weighted by Gasteiger charge is -2.15. The molecule has 1 rings (SSSR count). The van der Waals surface area contributed by atoms with Gasteiger partial charge in [0.1, 0.15) is 5.75 Å². The van der Waals surface area contributed by atoms with Crippen LogP contribution in [0.15, 0.2) is 18.2 Å². The molecular formula is C14H21BrO. The zero-order valence-corrected chi connectivity index (χ0v) is 12.0. The summed E-state index contributed by atoms with van der Waals surface area (Å²) in [5.74, 6) is 1.61. The Bertz CT molecular complexity index is 323. The van der Waals surface area contributed by atoms with Gasteiger partial charge in [0.25, 0.3) is 0 Å². The number of hydrogen-bond acceptors (Lipinski definition) is 1. The lowest BCUT2D eigenvalue weighted by atomic mass is 10.1. The minimum absolute atomic E-state index is 0.617. The Labute approximate surface area is 107 Å². The molecule has 0 radical (unpaired) electrons. The van der Waals surface area contributed by atoms with E-state index in [0.717, 1.165) is 17.7 Å². The molecule has 0 saturated carbocycles. The second-order valence-corrected chi connectivity index (χ2v) is 5.01. The molecule has 2 heteroatoms. The first kappa shape index (κ1) is 13.6. The van der Waals surface area contributed by atoms with Crippen molar-refractivity contribution < 1.29 is 4.74 Å². The Morgan fingerprint density at radius 3 is 2.56 bits per heavy atom. The van der Waals surface area contributed by atoms with Gasteiger partial charge < -0.3 is 4.74 Å². The summed E-state index contributed by atoms with van der Waals surface area (Å²) in [5.41, 5.74) is 2.61. The number of rotatable bonds is 6. The summed E-state index contributed by atoms with van der Waals surface area (Å²) in [6.07, 6.45) is 2.43. The van der Waals surface area contributed by atoms with Crippen molar-refractivity contribution in [3.8, 4) is 5.75 Å². The third-order valence-corrected chi connectivity index (χ3v) is 3.79. The fourth-order valence-electron chi connectivity index (χ4n) is 1.63. The second-order valence-electron chi connectivity index (χ2n) is 4.37. The van der Waals surface area contributed by atoms with E-state index in [1.54, 1.807) is 0 Å². The summed E-state index contributed by atoms with van der Waals surface area (Å²) in [7, 11) is 0. The number of alkyl halides is 1. The Morgan fingerprint density at radius 1 is 1.25 bits per heavy atom. The van der Waals surface area contributed by atoms with Crippen molar-refractivity contribution in [2.75, 3.05) is 11.9 Å². The first-order valence-corrected chi connectivity index (χ1v) is 7.05. The standard InChI is InChI=1S/C14H21BrO/c1-4-5-13(9-15)10-16-14-7-6-11(2)12(3)8-14/h6-8,13H,4-5,9-10H2,1-3H3. The molecule has 1 atom stereocenters. The molecule has 90 valence electrons. The van der Waals surface area contributed by atoms with E-state index in [0.29, 0.717) is 5.92 Å². The number of hydrogen-bond donors (Lipinski definition) is 0. The van der Waals surface area contributed by atoms with Gasteiger partial charge in [0.15, 0.2) is 0 Å². The second kappa shape index (κ2) is 6.95. The average molecular weight is 285 g/mol. The van der Waals surface area contributed by atoms with E-state index in [4.69, 9.17) is 4.74 Å². The van der Waals surface area contributed by atoms with Crippen molar-refractivity contribution in [3.63, 3.8) is 0 Å². The molecule has 0 N–H and O–H groups in total. The fraction of sp³-hybridized carbons (Fsp3) is 0.571. The molecule has 0 spiro atoms.